The van der Waals surface area contributed by atoms with Crippen molar-refractivity contribution in [2.24, 2.45) is 0 Å². The van der Waals surface area contributed by atoms with Gasteiger partial charge in [-0.2, -0.15) is 0 Å². The van der Waals surface area contributed by atoms with E-state index in [1.54, 1.807) is 20.8 Å². The van der Waals surface area contributed by atoms with Crippen LogP contribution in [-0.4, -0.2) is 21.9 Å². The molecule has 0 aromatic heterocycles. The molecule has 0 saturated carbocycles. The molecule has 0 amide bonds. The lowest BCUT2D eigenvalue weighted by Crippen LogP contribution is -2.15. The van der Waals surface area contributed by atoms with Gasteiger partial charge in [0.05, 0.1) is 5.60 Å². The monoisotopic (exact) mass is 162 g/mol. The van der Waals surface area contributed by atoms with Gasteiger partial charge in [-0.15, -0.1) is 0 Å². The molecule has 0 spiro atoms. The molecule has 0 atom stereocenters. The number of aliphatic carboxylic acids is 1. The summed E-state index contributed by atoms with van der Waals surface area (Å²) >= 11 is 0. The topological polar surface area (TPSA) is 66.8 Å². The summed E-state index contributed by atoms with van der Waals surface area (Å²) in [5, 5.41) is 15.5. The molecule has 0 heterocycles. The van der Waals surface area contributed by atoms with Crippen molar-refractivity contribution >= 4 is 5.97 Å². The average Bonchev–Trinajstić information content (AvgIpc) is 1.88. The van der Waals surface area contributed by atoms with Gasteiger partial charge in [0.15, 0.2) is 0 Å². The molecule has 4 heteroatoms. The lowest BCUT2D eigenvalue weighted by Gasteiger charge is -2.10. The quantitative estimate of drug-likeness (QED) is 0.348. The Bertz CT molecular complexity index is 123. The molecule has 0 aliphatic carbocycles. The van der Waals surface area contributed by atoms with Crippen LogP contribution in [0.25, 0.3) is 0 Å². The minimum absolute atomic E-state index is 0.403. The lowest BCUT2D eigenvalue weighted by atomic mass is 10.2. The van der Waals surface area contributed by atoms with E-state index in [1.807, 2.05) is 0 Å². The van der Waals surface area contributed by atoms with Crippen LogP contribution in [0.3, 0.4) is 0 Å². The fourth-order valence-corrected chi connectivity index (χ4v) is 0. The van der Waals surface area contributed by atoms with Crippen LogP contribution in [0.5, 0.6) is 0 Å². The zero-order valence-electron chi connectivity index (χ0n) is 7.00. The van der Waals surface area contributed by atoms with E-state index < -0.39 is 11.6 Å². The number of carboxylic acids is 1. The second-order valence-electron chi connectivity index (χ2n) is 2.75. The molecule has 0 bridgehead atoms. The van der Waals surface area contributed by atoms with Gasteiger partial charge in [-0.3, -0.25) is 5.26 Å². The van der Waals surface area contributed by atoms with E-state index in [2.05, 4.69) is 11.5 Å². The molecule has 0 aliphatic heterocycles. The highest BCUT2D eigenvalue weighted by Gasteiger charge is 2.06. The molecule has 2 N–H and O–H groups in total. The zero-order valence-corrected chi connectivity index (χ0v) is 7.00. The van der Waals surface area contributed by atoms with Gasteiger partial charge >= 0.3 is 5.97 Å². The third kappa shape index (κ3) is 27.2. The van der Waals surface area contributed by atoms with Crippen LogP contribution >= 0.6 is 0 Å². The number of carboxylic acid groups (broad SMARTS) is 1. The molecule has 0 rings (SSSR count). The van der Waals surface area contributed by atoms with E-state index in [1.165, 1.54) is 0 Å². The summed E-state index contributed by atoms with van der Waals surface area (Å²) in [6.45, 7) is 8.27. The van der Waals surface area contributed by atoms with Crippen molar-refractivity contribution in [3.05, 3.63) is 12.7 Å². The third-order valence-corrected chi connectivity index (χ3v) is 0.448. The van der Waals surface area contributed by atoms with Gasteiger partial charge in [0.1, 0.15) is 0 Å². The Kier molecular flexibility index (Phi) is 6.83. The minimum atomic E-state index is -0.981. The van der Waals surface area contributed by atoms with Crippen LogP contribution in [0.2, 0.25) is 0 Å². The van der Waals surface area contributed by atoms with Crippen LogP contribution in [0, 0.1) is 0 Å². The highest BCUT2D eigenvalue weighted by molar-refractivity contribution is 5.78. The molecule has 0 aliphatic rings. The lowest BCUT2D eigenvalue weighted by molar-refractivity contribution is -0.306. The van der Waals surface area contributed by atoms with Gasteiger partial charge in [0, 0.05) is 6.08 Å². The highest BCUT2D eigenvalue weighted by Crippen LogP contribution is 2.01. The van der Waals surface area contributed by atoms with Crippen molar-refractivity contribution in [1.29, 1.82) is 0 Å². The number of rotatable bonds is 1. The Balaban J connectivity index is 0. The van der Waals surface area contributed by atoms with Gasteiger partial charge in [-0.25, -0.2) is 9.68 Å². The van der Waals surface area contributed by atoms with Crippen LogP contribution < -0.4 is 0 Å². The molecule has 0 unspecified atom stereocenters. The fourth-order valence-electron chi connectivity index (χ4n) is 0. The maximum Gasteiger partial charge on any atom is 0.327 e. The summed E-state index contributed by atoms with van der Waals surface area (Å²) in [6.07, 6.45) is 0.833. The molecule has 0 fully saturated rings. The van der Waals surface area contributed by atoms with Gasteiger partial charge < -0.3 is 5.11 Å². The van der Waals surface area contributed by atoms with E-state index in [-0.39, 0.29) is 0 Å². The van der Waals surface area contributed by atoms with Gasteiger partial charge in [0.2, 0.25) is 0 Å². The van der Waals surface area contributed by atoms with Gasteiger partial charge in [0.25, 0.3) is 0 Å². The van der Waals surface area contributed by atoms with Crippen LogP contribution in [0.15, 0.2) is 12.7 Å². The molecule has 0 aromatic rings. The van der Waals surface area contributed by atoms with Crippen molar-refractivity contribution in [3.63, 3.8) is 0 Å². The van der Waals surface area contributed by atoms with Crippen molar-refractivity contribution in [2.75, 3.05) is 0 Å². The van der Waals surface area contributed by atoms with Gasteiger partial charge in [-0.05, 0) is 20.8 Å². The van der Waals surface area contributed by atoms with E-state index in [0.717, 1.165) is 6.08 Å². The number of hydrogen-bond acceptors (Lipinski definition) is 3. The van der Waals surface area contributed by atoms with Crippen LogP contribution in [0.1, 0.15) is 20.8 Å². The Labute approximate surface area is 66.0 Å². The van der Waals surface area contributed by atoms with Crippen molar-refractivity contribution in [2.45, 2.75) is 26.4 Å². The van der Waals surface area contributed by atoms with E-state index in [4.69, 9.17) is 10.4 Å². The smallest absolute Gasteiger partial charge is 0.327 e. The van der Waals surface area contributed by atoms with Crippen LogP contribution in [0.4, 0.5) is 0 Å². The fraction of sp³-hybridized carbons (Fsp3) is 0.571. The first kappa shape index (κ1) is 12.8. The second-order valence-corrected chi connectivity index (χ2v) is 2.75. The summed E-state index contributed by atoms with van der Waals surface area (Å²) in [5.41, 5.74) is -0.403. The maximum absolute atomic E-state index is 9.25. The maximum atomic E-state index is 9.25. The summed E-state index contributed by atoms with van der Waals surface area (Å²) in [4.78, 5) is 13.2. The Morgan fingerprint density at radius 2 is 1.73 bits per heavy atom. The van der Waals surface area contributed by atoms with Crippen molar-refractivity contribution < 1.29 is 20.0 Å². The average molecular weight is 162 g/mol. The molecular weight excluding hydrogens is 148 g/mol. The SMILES string of the molecule is C=CC(=O)O.CC(C)(C)OO. The van der Waals surface area contributed by atoms with E-state index in [0.29, 0.717) is 0 Å². The standard InChI is InChI=1S/C4H10O2.C3H4O2/c1-4(2,3)6-5;1-2-3(4)5/h5H,1-3H3;2H,1H2,(H,4,5). The molecule has 4 nitrogen and oxygen atoms in total. The molecule has 0 radical (unpaired) electrons. The number of carbonyl (C=O) groups is 1. The summed E-state index contributed by atoms with van der Waals surface area (Å²) < 4.78 is 0. The van der Waals surface area contributed by atoms with Crippen molar-refractivity contribution in [1.82, 2.24) is 0 Å². The van der Waals surface area contributed by atoms with Crippen LogP contribution in [-0.2, 0) is 9.68 Å². The molecule has 0 aromatic carbocycles. The Morgan fingerprint density at radius 3 is 1.73 bits per heavy atom. The number of hydrogen-bond donors (Lipinski definition) is 2. The summed E-state index contributed by atoms with van der Waals surface area (Å²) in [5.74, 6) is -0.981. The van der Waals surface area contributed by atoms with Gasteiger partial charge in [-0.1, -0.05) is 6.58 Å². The normalized spacial score (nSPS) is 9.45. The first-order chi connectivity index (χ1) is 4.83. The summed E-state index contributed by atoms with van der Waals surface area (Å²) in [6, 6.07) is 0. The first-order valence-electron chi connectivity index (χ1n) is 3.01. The third-order valence-electron chi connectivity index (χ3n) is 0.448. The van der Waals surface area contributed by atoms with Crippen molar-refractivity contribution in [3.8, 4) is 0 Å². The second kappa shape index (κ2) is 5.88. The molecular formula is C7H14O4. The molecule has 66 valence electrons. The molecule has 0 saturated heterocycles. The largest absolute Gasteiger partial charge is 0.478 e. The minimum Gasteiger partial charge on any atom is -0.478 e. The molecule has 11 heavy (non-hydrogen) atoms. The predicted molar refractivity (Wildman–Crippen MR) is 41.3 cm³/mol. The van der Waals surface area contributed by atoms with E-state index >= 15 is 0 Å². The Hall–Kier alpha value is -0.870. The van der Waals surface area contributed by atoms with E-state index in [9.17, 15) is 4.79 Å². The summed E-state index contributed by atoms with van der Waals surface area (Å²) in [7, 11) is 0. The Morgan fingerprint density at radius 1 is 1.55 bits per heavy atom. The zero-order chi connectivity index (χ0) is 9.49. The predicted octanol–water partition coefficient (Wildman–Crippen LogP) is 1.53. The first-order valence-corrected chi connectivity index (χ1v) is 3.01. The highest BCUT2D eigenvalue weighted by atomic mass is 17.1.